The van der Waals surface area contributed by atoms with Gasteiger partial charge >= 0.3 is 5.97 Å². The maximum atomic E-state index is 12.6. The van der Waals surface area contributed by atoms with Gasteiger partial charge in [0.05, 0.1) is 16.2 Å². The van der Waals surface area contributed by atoms with Crippen molar-refractivity contribution in [3.63, 3.8) is 0 Å². The van der Waals surface area contributed by atoms with Crippen molar-refractivity contribution < 1.29 is 19.2 Å². The summed E-state index contributed by atoms with van der Waals surface area (Å²) in [5.41, 5.74) is 0.341. The molecule has 8 nitrogen and oxygen atoms in total. The monoisotopic (exact) mass is 377 g/mol. The second kappa shape index (κ2) is 9.34. The first-order valence-electron chi connectivity index (χ1n) is 9.26. The Labute approximate surface area is 159 Å². The predicted octanol–water partition coefficient (Wildman–Crippen LogP) is 3.05. The molecule has 0 aromatic heterocycles. The normalized spacial score (nSPS) is 16.1. The number of nitrogens with zero attached hydrogens (tertiary/aromatic N) is 2. The van der Waals surface area contributed by atoms with Crippen LogP contribution < -0.4 is 10.2 Å². The zero-order valence-corrected chi connectivity index (χ0v) is 16.1. The SMILES string of the molecule is C[C@H](OC(=O)c1cc([N+](=O)[O-])ccc1N(C)C)C(=O)NC1CCCCCC1. The van der Waals surface area contributed by atoms with E-state index in [4.69, 9.17) is 4.74 Å². The van der Waals surface area contributed by atoms with E-state index in [1.54, 1.807) is 19.0 Å². The highest BCUT2D eigenvalue weighted by Gasteiger charge is 2.25. The summed E-state index contributed by atoms with van der Waals surface area (Å²) in [6.07, 6.45) is 5.41. The summed E-state index contributed by atoms with van der Waals surface area (Å²) in [6.45, 7) is 1.51. The van der Waals surface area contributed by atoms with Gasteiger partial charge in [-0.15, -0.1) is 0 Å². The summed E-state index contributed by atoms with van der Waals surface area (Å²) in [5.74, 6) is -1.10. The van der Waals surface area contributed by atoms with Crippen LogP contribution in [-0.4, -0.2) is 43.0 Å². The van der Waals surface area contributed by atoms with Crippen molar-refractivity contribution in [2.24, 2.45) is 0 Å². The lowest BCUT2D eigenvalue weighted by molar-refractivity contribution is -0.384. The smallest absolute Gasteiger partial charge is 0.341 e. The van der Waals surface area contributed by atoms with Gasteiger partial charge in [-0.25, -0.2) is 4.79 Å². The van der Waals surface area contributed by atoms with Crippen LogP contribution in [0.3, 0.4) is 0 Å². The van der Waals surface area contributed by atoms with Gasteiger partial charge in [-0.2, -0.15) is 0 Å². The fourth-order valence-corrected chi connectivity index (χ4v) is 3.21. The molecule has 1 aliphatic carbocycles. The van der Waals surface area contributed by atoms with Crippen molar-refractivity contribution in [1.82, 2.24) is 5.32 Å². The first-order chi connectivity index (χ1) is 12.8. The zero-order chi connectivity index (χ0) is 20.0. The Morgan fingerprint density at radius 2 is 1.85 bits per heavy atom. The number of carbonyl (C=O) groups is 2. The molecule has 1 amide bonds. The molecule has 0 radical (unpaired) electrons. The van der Waals surface area contributed by atoms with Gasteiger partial charge in [-0.05, 0) is 25.8 Å². The molecule has 1 aromatic carbocycles. The summed E-state index contributed by atoms with van der Waals surface area (Å²) in [4.78, 5) is 37.0. The number of hydrogen-bond donors (Lipinski definition) is 1. The molecule has 148 valence electrons. The number of esters is 1. The average Bonchev–Trinajstić information content (AvgIpc) is 2.89. The van der Waals surface area contributed by atoms with E-state index < -0.39 is 17.0 Å². The van der Waals surface area contributed by atoms with Gasteiger partial charge in [0.2, 0.25) is 0 Å². The second-order valence-corrected chi connectivity index (χ2v) is 7.10. The molecule has 2 rings (SSSR count). The lowest BCUT2D eigenvalue weighted by Gasteiger charge is -2.21. The Balaban J connectivity index is 2.07. The number of amides is 1. The van der Waals surface area contributed by atoms with Crippen molar-refractivity contribution >= 4 is 23.3 Å². The van der Waals surface area contributed by atoms with Crippen molar-refractivity contribution in [2.45, 2.75) is 57.6 Å². The summed E-state index contributed by atoms with van der Waals surface area (Å²) in [7, 11) is 3.44. The molecule has 1 fully saturated rings. The van der Waals surface area contributed by atoms with Gasteiger partial charge in [0, 0.05) is 32.3 Å². The minimum atomic E-state index is -0.977. The van der Waals surface area contributed by atoms with Crippen LogP contribution in [0, 0.1) is 10.1 Å². The molecule has 1 atom stereocenters. The van der Waals surface area contributed by atoms with Crippen LogP contribution in [0.4, 0.5) is 11.4 Å². The van der Waals surface area contributed by atoms with Crippen LogP contribution in [0.1, 0.15) is 55.8 Å². The number of nitro groups is 1. The van der Waals surface area contributed by atoms with E-state index >= 15 is 0 Å². The maximum Gasteiger partial charge on any atom is 0.341 e. The van der Waals surface area contributed by atoms with Crippen LogP contribution >= 0.6 is 0 Å². The number of anilines is 1. The third-order valence-corrected chi connectivity index (χ3v) is 4.75. The lowest BCUT2D eigenvalue weighted by atomic mass is 10.1. The Hall–Kier alpha value is -2.64. The van der Waals surface area contributed by atoms with Crippen LogP contribution in [0.25, 0.3) is 0 Å². The Morgan fingerprint density at radius 3 is 2.41 bits per heavy atom. The van der Waals surface area contributed by atoms with Crippen molar-refractivity contribution in [2.75, 3.05) is 19.0 Å². The molecule has 1 aliphatic rings. The Bertz CT molecular complexity index is 697. The van der Waals surface area contributed by atoms with Crippen molar-refractivity contribution in [1.29, 1.82) is 0 Å². The molecule has 0 bridgehead atoms. The third kappa shape index (κ3) is 5.67. The first kappa shape index (κ1) is 20.7. The quantitative estimate of drug-likeness (QED) is 0.354. The summed E-state index contributed by atoms with van der Waals surface area (Å²) < 4.78 is 5.30. The number of benzene rings is 1. The molecule has 1 aromatic rings. The average molecular weight is 377 g/mol. The molecule has 0 unspecified atom stereocenters. The molecule has 0 heterocycles. The third-order valence-electron chi connectivity index (χ3n) is 4.75. The van der Waals surface area contributed by atoms with Crippen molar-refractivity contribution in [3.05, 3.63) is 33.9 Å². The lowest BCUT2D eigenvalue weighted by Crippen LogP contribution is -2.42. The molecular weight excluding hydrogens is 350 g/mol. The zero-order valence-electron chi connectivity index (χ0n) is 16.1. The fraction of sp³-hybridized carbons (Fsp3) is 0.579. The standard InChI is InChI=1S/C19H27N3O5/c1-13(18(23)20-14-8-6-4-5-7-9-14)27-19(24)16-12-15(22(25)26)10-11-17(16)21(2)3/h10-14H,4-9H2,1-3H3,(H,20,23)/t13-/m0/s1. The fourth-order valence-electron chi connectivity index (χ4n) is 3.21. The Morgan fingerprint density at radius 1 is 1.22 bits per heavy atom. The van der Waals surface area contributed by atoms with E-state index in [9.17, 15) is 19.7 Å². The number of carbonyl (C=O) groups excluding carboxylic acids is 2. The van der Waals surface area contributed by atoms with Gasteiger partial charge in [0.15, 0.2) is 6.10 Å². The van der Waals surface area contributed by atoms with E-state index in [0.717, 1.165) is 25.7 Å². The number of nitrogens with one attached hydrogen (secondary N) is 1. The molecule has 0 saturated heterocycles. The number of non-ortho nitro benzene ring substituents is 1. The topological polar surface area (TPSA) is 102 Å². The van der Waals surface area contributed by atoms with E-state index in [1.807, 2.05) is 0 Å². The molecule has 0 aliphatic heterocycles. The number of ether oxygens (including phenoxy) is 1. The minimum absolute atomic E-state index is 0.0586. The van der Waals surface area contributed by atoms with E-state index in [1.165, 1.54) is 38.0 Å². The second-order valence-electron chi connectivity index (χ2n) is 7.10. The number of hydrogen-bond acceptors (Lipinski definition) is 6. The predicted molar refractivity (Wildman–Crippen MR) is 102 cm³/mol. The van der Waals surface area contributed by atoms with Gasteiger partial charge < -0.3 is 15.0 Å². The minimum Gasteiger partial charge on any atom is -0.449 e. The van der Waals surface area contributed by atoms with Crippen LogP contribution in [0.2, 0.25) is 0 Å². The largest absolute Gasteiger partial charge is 0.449 e. The Kier molecular flexibility index (Phi) is 7.15. The number of rotatable bonds is 6. The number of nitro benzene ring substituents is 1. The van der Waals surface area contributed by atoms with Gasteiger partial charge in [-0.3, -0.25) is 14.9 Å². The summed E-state index contributed by atoms with van der Waals surface area (Å²) in [5, 5.41) is 14.0. The maximum absolute atomic E-state index is 12.6. The molecule has 0 spiro atoms. The van der Waals surface area contributed by atoms with E-state index in [0.29, 0.717) is 5.69 Å². The van der Waals surface area contributed by atoms with E-state index in [2.05, 4.69) is 5.32 Å². The van der Waals surface area contributed by atoms with Crippen molar-refractivity contribution in [3.8, 4) is 0 Å². The molecule has 27 heavy (non-hydrogen) atoms. The summed E-state index contributed by atoms with van der Waals surface area (Å²) >= 11 is 0. The van der Waals surface area contributed by atoms with Crippen LogP contribution in [0.15, 0.2) is 18.2 Å². The molecule has 8 heteroatoms. The van der Waals surface area contributed by atoms with Crippen LogP contribution in [-0.2, 0) is 9.53 Å². The molecule has 1 N–H and O–H groups in total. The molecule has 1 saturated carbocycles. The van der Waals surface area contributed by atoms with E-state index in [-0.39, 0.29) is 23.2 Å². The van der Waals surface area contributed by atoms with Gasteiger partial charge in [0.1, 0.15) is 0 Å². The highest BCUT2D eigenvalue weighted by atomic mass is 16.6. The first-order valence-corrected chi connectivity index (χ1v) is 9.26. The summed E-state index contributed by atoms with van der Waals surface area (Å²) in [6, 6.07) is 4.10. The highest BCUT2D eigenvalue weighted by molar-refractivity contribution is 5.98. The van der Waals surface area contributed by atoms with Crippen LogP contribution in [0.5, 0.6) is 0 Å². The van der Waals surface area contributed by atoms with Gasteiger partial charge in [0.25, 0.3) is 11.6 Å². The van der Waals surface area contributed by atoms with Gasteiger partial charge in [-0.1, -0.05) is 25.7 Å². The molecular formula is C19H27N3O5. The highest BCUT2D eigenvalue weighted by Crippen LogP contribution is 2.25.